The number of benzene rings is 1. The molecule has 2 aliphatic rings. The van der Waals surface area contributed by atoms with Crippen LogP contribution in [0.15, 0.2) is 40.5 Å². The van der Waals surface area contributed by atoms with Gasteiger partial charge < -0.3 is 9.47 Å². The van der Waals surface area contributed by atoms with E-state index in [-0.39, 0.29) is 11.2 Å². The van der Waals surface area contributed by atoms with Crippen molar-refractivity contribution in [3.05, 3.63) is 41.1 Å². The van der Waals surface area contributed by atoms with Crippen molar-refractivity contribution in [3.8, 4) is 5.75 Å². The average Bonchev–Trinajstić information content (AvgIpc) is 2.96. The van der Waals surface area contributed by atoms with Crippen molar-refractivity contribution in [2.75, 3.05) is 13.7 Å². The summed E-state index contributed by atoms with van der Waals surface area (Å²) in [5, 5.41) is 0.467. The van der Waals surface area contributed by atoms with Gasteiger partial charge in [-0.1, -0.05) is 30.8 Å². The van der Waals surface area contributed by atoms with Gasteiger partial charge in [-0.15, -0.1) is 0 Å². The molecule has 0 bridgehead atoms. The number of rotatable bonds is 5. The lowest BCUT2D eigenvalue weighted by molar-refractivity contribution is -0.137. The number of nitrogens with zero attached hydrogens (tertiary/aromatic N) is 2. The van der Waals surface area contributed by atoms with E-state index < -0.39 is 12.0 Å². The Morgan fingerprint density at radius 3 is 2.54 bits per heavy atom. The zero-order valence-electron chi connectivity index (χ0n) is 15.3. The first kappa shape index (κ1) is 18.5. The number of allylic oxidation sites excluding steroid dienone is 1. The smallest absolute Gasteiger partial charge is 0.338 e. The van der Waals surface area contributed by atoms with Gasteiger partial charge in [-0.05, 0) is 38.0 Å². The minimum absolute atomic E-state index is 0.0240. The summed E-state index contributed by atoms with van der Waals surface area (Å²) in [7, 11) is 1.34. The van der Waals surface area contributed by atoms with Crippen LogP contribution in [0, 0.1) is 0 Å². The summed E-state index contributed by atoms with van der Waals surface area (Å²) < 4.78 is 10.5. The van der Waals surface area contributed by atoms with Crippen molar-refractivity contribution in [2.45, 2.75) is 38.5 Å². The predicted molar refractivity (Wildman–Crippen MR) is 101 cm³/mol. The zero-order valence-corrected chi connectivity index (χ0v) is 16.1. The molecule has 1 amide bonds. The Morgan fingerprint density at radius 1 is 1.27 bits per heavy atom. The van der Waals surface area contributed by atoms with E-state index in [0.717, 1.165) is 11.3 Å². The molecule has 138 valence electrons. The fraction of sp³-hybridized carbons (Fsp3) is 0.421. The van der Waals surface area contributed by atoms with E-state index in [2.05, 4.69) is 4.99 Å². The standard InChI is InChI=1S/C19H22N2O4S/c1-5-14-17(22)21-16(12-7-9-13(10-8-12)25-6-2)15(18(23)24-4)11(3)20-19(21)26-14/h7-10,14,16H,5-6H2,1-4H3/t14-,16+/m1/s1. The van der Waals surface area contributed by atoms with Crippen LogP contribution in [0.4, 0.5) is 0 Å². The van der Waals surface area contributed by atoms with E-state index in [4.69, 9.17) is 9.47 Å². The maximum absolute atomic E-state index is 12.9. The fourth-order valence-electron chi connectivity index (χ4n) is 3.19. The van der Waals surface area contributed by atoms with Crippen LogP contribution in [0.2, 0.25) is 0 Å². The molecule has 0 radical (unpaired) electrons. The van der Waals surface area contributed by atoms with Crippen molar-refractivity contribution in [2.24, 2.45) is 4.99 Å². The quantitative estimate of drug-likeness (QED) is 0.740. The normalized spacial score (nSPS) is 22.2. The molecule has 2 aliphatic heterocycles. The lowest BCUT2D eigenvalue weighted by atomic mass is 9.94. The van der Waals surface area contributed by atoms with E-state index >= 15 is 0 Å². The number of amidine groups is 1. The van der Waals surface area contributed by atoms with Crippen LogP contribution in [-0.4, -0.2) is 40.9 Å². The van der Waals surface area contributed by atoms with Crippen LogP contribution in [-0.2, 0) is 14.3 Å². The number of esters is 1. The molecule has 26 heavy (non-hydrogen) atoms. The summed E-state index contributed by atoms with van der Waals surface area (Å²) in [6, 6.07) is 6.92. The first-order valence-corrected chi connectivity index (χ1v) is 9.50. The first-order valence-electron chi connectivity index (χ1n) is 8.62. The molecule has 0 N–H and O–H groups in total. The Hall–Kier alpha value is -2.28. The van der Waals surface area contributed by atoms with E-state index in [9.17, 15) is 9.59 Å². The average molecular weight is 374 g/mol. The molecule has 2 atom stereocenters. The molecular weight excluding hydrogens is 352 g/mol. The van der Waals surface area contributed by atoms with Gasteiger partial charge in [0.15, 0.2) is 5.17 Å². The van der Waals surface area contributed by atoms with E-state index in [0.29, 0.717) is 29.5 Å². The Bertz CT molecular complexity index is 785. The lowest BCUT2D eigenvalue weighted by Crippen LogP contribution is -2.40. The second-order valence-electron chi connectivity index (χ2n) is 6.01. The molecule has 1 aromatic rings. The summed E-state index contributed by atoms with van der Waals surface area (Å²) in [6.45, 7) is 6.25. The van der Waals surface area contributed by atoms with Crippen LogP contribution in [0.3, 0.4) is 0 Å². The van der Waals surface area contributed by atoms with Crippen LogP contribution in [0.1, 0.15) is 38.8 Å². The van der Waals surface area contributed by atoms with Gasteiger partial charge in [-0.25, -0.2) is 9.79 Å². The van der Waals surface area contributed by atoms with Crippen molar-refractivity contribution >= 4 is 28.8 Å². The van der Waals surface area contributed by atoms with E-state index in [1.165, 1.54) is 18.9 Å². The van der Waals surface area contributed by atoms with Gasteiger partial charge in [-0.2, -0.15) is 0 Å². The predicted octanol–water partition coefficient (Wildman–Crippen LogP) is 3.30. The molecule has 0 spiro atoms. The van der Waals surface area contributed by atoms with Crippen molar-refractivity contribution in [3.63, 3.8) is 0 Å². The largest absolute Gasteiger partial charge is 0.494 e. The highest BCUT2D eigenvalue weighted by atomic mass is 32.2. The number of hydrogen-bond donors (Lipinski definition) is 0. The molecule has 7 heteroatoms. The van der Waals surface area contributed by atoms with Crippen molar-refractivity contribution < 1.29 is 19.1 Å². The summed E-state index contributed by atoms with van der Waals surface area (Å²) >= 11 is 1.45. The molecule has 0 saturated carbocycles. The molecule has 0 aliphatic carbocycles. The van der Waals surface area contributed by atoms with Crippen molar-refractivity contribution in [1.82, 2.24) is 4.90 Å². The van der Waals surface area contributed by atoms with Gasteiger partial charge in [0, 0.05) is 0 Å². The number of ether oxygens (including phenoxy) is 2. The molecule has 6 nitrogen and oxygen atoms in total. The third kappa shape index (κ3) is 3.11. The lowest BCUT2D eigenvalue weighted by Gasteiger charge is -2.32. The van der Waals surface area contributed by atoms with E-state index in [1.54, 1.807) is 11.8 Å². The SMILES string of the molecule is CCOc1ccc([C@H]2C(C(=O)OC)=C(C)N=C3S[C@H](CC)C(=O)N32)cc1. The number of hydrogen-bond acceptors (Lipinski definition) is 6. The van der Waals surface area contributed by atoms with Crippen LogP contribution >= 0.6 is 11.8 Å². The number of methoxy groups -OCH3 is 1. The topological polar surface area (TPSA) is 68.2 Å². The van der Waals surface area contributed by atoms with Crippen LogP contribution < -0.4 is 4.74 Å². The number of amides is 1. The zero-order chi connectivity index (χ0) is 18.8. The van der Waals surface area contributed by atoms with Crippen molar-refractivity contribution in [1.29, 1.82) is 0 Å². The van der Waals surface area contributed by atoms with Gasteiger partial charge in [0.05, 0.1) is 36.3 Å². The maximum Gasteiger partial charge on any atom is 0.338 e. The number of fused-ring (bicyclic) bond motifs is 1. The Labute approximate surface area is 157 Å². The van der Waals surface area contributed by atoms with Gasteiger partial charge in [-0.3, -0.25) is 9.69 Å². The Morgan fingerprint density at radius 2 is 1.96 bits per heavy atom. The highest BCUT2D eigenvalue weighted by molar-refractivity contribution is 8.15. The minimum atomic E-state index is -0.540. The van der Waals surface area contributed by atoms with Gasteiger partial charge in [0.25, 0.3) is 0 Å². The molecular formula is C19H22N2O4S. The first-order chi connectivity index (χ1) is 12.5. The van der Waals surface area contributed by atoms with Gasteiger partial charge in [0.2, 0.25) is 5.91 Å². The molecule has 3 rings (SSSR count). The van der Waals surface area contributed by atoms with Gasteiger partial charge in [0.1, 0.15) is 5.75 Å². The van der Waals surface area contributed by atoms with E-state index in [1.807, 2.05) is 38.1 Å². The number of thioether (sulfide) groups is 1. The number of aliphatic imine (C=N–C) groups is 1. The minimum Gasteiger partial charge on any atom is -0.494 e. The summed E-state index contributed by atoms with van der Waals surface area (Å²) in [5.41, 5.74) is 1.80. The maximum atomic E-state index is 12.9. The van der Waals surface area contributed by atoms with Crippen LogP contribution in [0.25, 0.3) is 0 Å². The molecule has 2 heterocycles. The molecule has 1 aromatic carbocycles. The van der Waals surface area contributed by atoms with Gasteiger partial charge >= 0.3 is 5.97 Å². The molecule has 1 saturated heterocycles. The highest BCUT2D eigenvalue weighted by Gasteiger charge is 2.47. The molecule has 1 fully saturated rings. The third-order valence-electron chi connectivity index (χ3n) is 4.43. The second kappa shape index (κ2) is 7.53. The number of carbonyl (C=O) groups excluding carboxylic acids is 2. The molecule has 0 unspecified atom stereocenters. The summed E-state index contributed by atoms with van der Waals surface area (Å²) in [6.07, 6.45) is 0.710. The highest BCUT2D eigenvalue weighted by Crippen LogP contribution is 2.44. The fourth-order valence-corrected chi connectivity index (χ4v) is 4.32. The molecule has 0 aromatic heterocycles. The monoisotopic (exact) mass is 374 g/mol. The number of carbonyl (C=O) groups is 2. The summed E-state index contributed by atoms with van der Waals surface area (Å²) in [4.78, 5) is 31.5. The Balaban J connectivity index is 2.08. The second-order valence-corrected chi connectivity index (χ2v) is 7.18. The third-order valence-corrected chi connectivity index (χ3v) is 5.75. The summed E-state index contributed by atoms with van der Waals surface area (Å²) in [5.74, 6) is 0.251. The van der Waals surface area contributed by atoms with Crippen LogP contribution in [0.5, 0.6) is 5.75 Å². The Kier molecular flexibility index (Phi) is 5.36.